The molecule has 0 saturated carbocycles. The van der Waals surface area contributed by atoms with Gasteiger partial charge in [0.15, 0.2) is 6.10 Å². The van der Waals surface area contributed by atoms with Crippen molar-refractivity contribution in [3.63, 3.8) is 0 Å². The SMILES string of the molecule is CN[C@@H]1O[C@H](COC(C)=O)[C@@H](N=[N+]=[N-])[C@H]1OC(C)=O. The van der Waals surface area contributed by atoms with E-state index in [2.05, 4.69) is 15.3 Å². The molecule has 0 aromatic rings. The van der Waals surface area contributed by atoms with Crippen molar-refractivity contribution in [1.82, 2.24) is 5.32 Å². The maximum Gasteiger partial charge on any atom is 0.303 e. The highest BCUT2D eigenvalue weighted by Gasteiger charge is 2.46. The van der Waals surface area contributed by atoms with Gasteiger partial charge in [0.2, 0.25) is 0 Å². The van der Waals surface area contributed by atoms with Crippen molar-refractivity contribution in [2.75, 3.05) is 13.7 Å². The van der Waals surface area contributed by atoms with E-state index in [1.54, 1.807) is 7.05 Å². The van der Waals surface area contributed by atoms with Crippen LogP contribution in [0, 0.1) is 0 Å². The van der Waals surface area contributed by atoms with Crippen LogP contribution in [0.1, 0.15) is 13.8 Å². The Kier molecular flexibility index (Phi) is 5.56. The van der Waals surface area contributed by atoms with Crippen LogP contribution in [0.5, 0.6) is 0 Å². The first-order chi connectivity index (χ1) is 8.99. The van der Waals surface area contributed by atoms with Crippen LogP contribution in [0.25, 0.3) is 10.4 Å². The van der Waals surface area contributed by atoms with Crippen LogP contribution in [0.15, 0.2) is 5.11 Å². The van der Waals surface area contributed by atoms with E-state index in [1.165, 1.54) is 13.8 Å². The predicted molar refractivity (Wildman–Crippen MR) is 62.8 cm³/mol. The van der Waals surface area contributed by atoms with E-state index in [0.29, 0.717) is 0 Å². The van der Waals surface area contributed by atoms with Crippen LogP contribution in [-0.2, 0) is 23.8 Å². The van der Waals surface area contributed by atoms with E-state index in [4.69, 9.17) is 19.7 Å². The van der Waals surface area contributed by atoms with Crippen LogP contribution in [-0.4, -0.2) is 50.1 Å². The highest BCUT2D eigenvalue weighted by atomic mass is 16.6. The number of likely N-dealkylation sites (N-methyl/N-ethyl adjacent to an activating group) is 1. The number of carbonyl (C=O) groups is 2. The largest absolute Gasteiger partial charge is 0.463 e. The zero-order chi connectivity index (χ0) is 14.4. The Morgan fingerprint density at radius 1 is 1.42 bits per heavy atom. The molecular formula is C10H16N4O5. The smallest absolute Gasteiger partial charge is 0.303 e. The van der Waals surface area contributed by atoms with Crippen LogP contribution in [0.2, 0.25) is 0 Å². The first-order valence-electron chi connectivity index (χ1n) is 5.67. The summed E-state index contributed by atoms with van der Waals surface area (Å²) in [6.07, 6.45) is -2.06. The number of nitrogens with zero attached hydrogens (tertiary/aromatic N) is 3. The molecule has 1 rings (SSSR count). The van der Waals surface area contributed by atoms with Gasteiger partial charge < -0.3 is 14.2 Å². The van der Waals surface area contributed by atoms with Gasteiger partial charge in [-0.25, -0.2) is 0 Å². The number of hydrogen-bond donors (Lipinski definition) is 1. The molecule has 1 aliphatic heterocycles. The highest BCUT2D eigenvalue weighted by molar-refractivity contribution is 5.66. The maximum atomic E-state index is 11.1. The van der Waals surface area contributed by atoms with Crippen LogP contribution in [0.4, 0.5) is 0 Å². The monoisotopic (exact) mass is 272 g/mol. The zero-order valence-electron chi connectivity index (χ0n) is 10.9. The number of ether oxygens (including phenoxy) is 3. The predicted octanol–water partition coefficient (Wildman–Crippen LogP) is 0.104. The Labute approximate surface area is 109 Å². The van der Waals surface area contributed by atoms with Gasteiger partial charge in [0.25, 0.3) is 0 Å². The van der Waals surface area contributed by atoms with Crippen molar-refractivity contribution >= 4 is 11.9 Å². The highest BCUT2D eigenvalue weighted by Crippen LogP contribution is 2.26. The summed E-state index contributed by atoms with van der Waals surface area (Å²) in [5.74, 6) is -0.986. The summed E-state index contributed by atoms with van der Waals surface area (Å²) in [7, 11) is 1.61. The molecule has 1 N–H and O–H groups in total. The third-order valence-electron chi connectivity index (χ3n) is 2.56. The minimum Gasteiger partial charge on any atom is -0.463 e. The third kappa shape index (κ3) is 4.09. The van der Waals surface area contributed by atoms with Crippen LogP contribution >= 0.6 is 0 Å². The van der Waals surface area contributed by atoms with Gasteiger partial charge in [-0.15, -0.1) is 0 Å². The summed E-state index contributed by atoms with van der Waals surface area (Å²) in [6, 6.07) is -0.759. The van der Waals surface area contributed by atoms with Gasteiger partial charge in [0.1, 0.15) is 25.0 Å². The maximum absolute atomic E-state index is 11.1. The standard InChI is InChI=1S/C10H16N4O5/c1-5(15)17-4-7-8(13-14-11)9(18-6(2)16)10(12-3)19-7/h7-10,12H,4H2,1-3H3/t7-,8-,9-,10-/m1/s1. The summed E-state index contributed by atoms with van der Waals surface area (Å²) in [4.78, 5) is 24.6. The van der Waals surface area contributed by atoms with Gasteiger partial charge in [-0.3, -0.25) is 14.9 Å². The molecule has 1 heterocycles. The van der Waals surface area contributed by atoms with Crippen LogP contribution in [0.3, 0.4) is 0 Å². The lowest BCUT2D eigenvalue weighted by Crippen LogP contribution is -2.41. The Balaban J connectivity index is 2.84. The molecule has 0 radical (unpaired) electrons. The molecule has 0 unspecified atom stereocenters. The Morgan fingerprint density at radius 2 is 2.11 bits per heavy atom. The van der Waals surface area contributed by atoms with E-state index >= 15 is 0 Å². The lowest BCUT2D eigenvalue weighted by atomic mass is 10.1. The molecule has 1 fully saturated rings. The Morgan fingerprint density at radius 3 is 2.58 bits per heavy atom. The van der Waals surface area contributed by atoms with E-state index in [-0.39, 0.29) is 6.61 Å². The molecule has 0 amide bonds. The van der Waals surface area contributed by atoms with E-state index in [1.807, 2.05) is 0 Å². The average molecular weight is 272 g/mol. The first kappa shape index (κ1) is 15.2. The molecule has 19 heavy (non-hydrogen) atoms. The average Bonchev–Trinajstić information content (AvgIpc) is 2.65. The molecule has 106 valence electrons. The minimum atomic E-state index is -0.765. The topological polar surface area (TPSA) is 123 Å². The van der Waals surface area contributed by atoms with Gasteiger partial charge in [-0.1, -0.05) is 5.11 Å². The van der Waals surface area contributed by atoms with Gasteiger partial charge in [0, 0.05) is 18.8 Å². The zero-order valence-corrected chi connectivity index (χ0v) is 10.9. The Hall–Kier alpha value is -1.83. The molecule has 4 atom stereocenters. The van der Waals surface area contributed by atoms with Crippen molar-refractivity contribution in [1.29, 1.82) is 0 Å². The van der Waals surface area contributed by atoms with Gasteiger partial charge >= 0.3 is 11.9 Å². The van der Waals surface area contributed by atoms with Gasteiger partial charge in [0.05, 0.1) is 0 Å². The number of rotatable bonds is 5. The van der Waals surface area contributed by atoms with Crippen molar-refractivity contribution < 1.29 is 23.8 Å². The van der Waals surface area contributed by atoms with Gasteiger partial charge in [-0.05, 0) is 12.6 Å². The summed E-state index contributed by atoms with van der Waals surface area (Å²) in [5.41, 5.74) is 8.57. The van der Waals surface area contributed by atoms with Crippen molar-refractivity contribution in [3.8, 4) is 0 Å². The quantitative estimate of drug-likeness (QED) is 0.328. The number of azide groups is 1. The van der Waals surface area contributed by atoms with Crippen molar-refractivity contribution in [2.24, 2.45) is 5.11 Å². The van der Waals surface area contributed by atoms with Crippen LogP contribution < -0.4 is 5.32 Å². The second-order valence-electron chi connectivity index (χ2n) is 3.96. The lowest BCUT2D eigenvalue weighted by Gasteiger charge is -2.19. The third-order valence-corrected chi connectivity index (χ3v) is 2.56. The molecular weight excluding hydrogens is 256 g/mol. The van der Waals surface area contributed by atoms with E-state index < -0.39 is 36.4 Å². The number of carbonyl (C=O) groups excluding carboxylic acids is 2. The van der Waals surface area contributed by atoms with Gasteiger partial charge in [-0.2, -0.15) is 0 Å². The fourth-order valence-electron chi connectivity index (χ4n) is 1.83. The first-order valence-corrected chi connectivity index (χ1v) is 5.67. The fourth-order valence-corrected chi connectivity index (χ4v) is 1.83. The second kappa shape index (κ2) is 6.93. The molecule has 0 spiro atoms. The number of nitrogens with one attached hydrogen (secondary N) is 1. The number of esters is 2. The van der Waals surface area contributed by atoms with E-state index in [9.17, 15) is 9.59 Å². The lowest BCUT2D eigenvalue weighted by molar-refractivity contribution is -0.150. The molecule has 0 bridgehead atoms. The summed E-state index contributed by atoms with van der Waals surface area (Å²) in [5, 5.41) is 6.36. The Bertz CT molecular complexity index is 395. The fraction of sp³-hybridized carbons (Fsp3) is 0.800. The molecule has 0 aliphatic carbocycles. The normalized spacial score (nSPS) is 29.4. The minimum absolute atomic E-state index is 0.0744. The van der Waals surface area contributed by atoms with Crippen molar-refractivity contribution in [3.05, 3.63) is 10.4 Å². The van der Waals surface area contributed by atoms with Crippen molar-refractivity contribution in [2.45, 2.75) is 38.3 Å². The molecule has 1 aliphatic rings. The molecule has 0 aromatic carbocycles. The summed E-state index contributed by atoms with van der Waals surface area (Å²) in [6.45, 7) is 2.44. The molecule has 9 nitrogen and oxygen atoms in total. The molecule has 1 saturated heterocycles. The summed E-state index contributed by atoms with van der Waals surface area (Å²) >= 11 is 0. The molecule has 9 heteroatoms. The van der Waals surface area contributed by atoms with E-state index in [0.717, 1.165) is 0 Å². The second-order valence-corrected chi connectivity index (χ2v) is 3.96. The molecule has 0 aromatic heterocycles. The summed E-state index contributed by atoms with van der Waals surface area (Å²) < 4.78 is 15.4. The number of hydrogen-bond acceptors (Lipinski definition) is 7.